The molecule has 3 heterocycles. The van der Waals surface area contributed by atoms with Crippen LogP contribution in [0.2, 0.25) is 0 Å². The fourth-order valence-electron chi connectivity index (χ4n) is 4.72. The molecule has 4 aromatic rings. The van der Waals surface area contributed by atoms with Crippen molar-refractivity contribution in [3.8, 4) is 22.6 Å². The normalized spacial score (nSPS) is 18.8. The van der Waals surface area contributed by atoms with Crippen LogP contribution in [0.25, 0.3) is 22.6 Å². The van der Waals surface area contributed by atoms with E-state index >= 15 is 0 Å². The van der Waals surface area contributed by atoms with Crippen molar-refractivity contribution in [2.75, 3.05) is 6.54 Å². The van der Waals surface area contributed by atoms with Crippen molar-refractivity contribution in [1.82, 2.24) is 20.7 Å². The maximum atomic E-state index is 13.7. The van der Waals surface area contributed by atoms with E-state index in [1.807, 2.05) is 36.4 Å². The Labute approximate surface area is 204 Å². The van der Waals surface area contributed by atoms with Gasteiger partial charge in [-0.15, -0.1) is 0 Å². The lowest BCUT2D eigenvalue weighted by Gasteiger charge is -2.31. The summed E-state index contributed by atoms with van der Waals surface area (Å²) in [6.07, 6.45) is 0. The summed E-state index contributed by atoms with van der Waals surface area (Å²) in [5, 5.41) is 9.11. The van der Waals surface area contributed by atoms with Crippen LogP contribution in [0.3, 0.4) is 0 Å². The van der Waals surface area contributed by atoms with Gasteiger partial charge in [0, 0.05) is 29.3 Å². The number of benzene rings is 3. The Hall–Kier alpha value is -4.79. The highest BCUT2D eigenvalue weighted by atomic mass is 19.1. The van der Waals surface area contributed by atoms with Gasteiger partial charge in [-0.1, -0.05) is 65.8 Å². The van der Waals surface area contributed by atoms with Crippen LogP contribution >= 0.6 is 0 Å². The lowest BCUT2D eigenvalue weighted by Crippen LogP contribution is -2.52. The monoisotopic (exact) mass is 482 g/mol. The van der Waals surface area contributed by atoms with Crippen LogP contribution in [0.5, 0.6) is 0 Å². The first kappa shape index (κ1) is 21.7. The average Bonchev–Trinajstić information content (AvgIpc) is 3.57. The Balaban J connectivity index is 1.30. The number of aromatic nitrogens is 1. The van der Waals surface area contributed by atoms with E-state index in [4.69, 9.17) is 4.52 Å². The average molecular weight is 482 g/mol. The zero-order chi connectivity index (χ0) is 24.9. The second-order valence-electron chi connectivity index (χ2n) is 8.80. The van der Waals surface area contributed by atoms with E-state index in [9.17, 15) is 18.8 Å². The maximum Gasteiger partial charge on any atom is 0.322 e. The Kier molecular flexibility index (Phi) is 4.92. The van der Waals surface area contributed by atoms with Crippen molar-refractivity contribution in [3.63, 3.8) is 0 Å². The number of hydrogen-bond donors (Lipinski definition) is 2. The van der Waals surface area contributed by atoms with Gasteiger partial charge >= 0.3 is 6.03 Å². The van der Waals surface area contributed by atoms with Crippen molar-refractivity contribution >= 4 is 17.8 Å². The van der Waals surface area contributed by atoms with Gasteiger partial charge in [-0.2, -0.15) is 0 Å². The highest BCUT2D eigenvalue weighted by molar-refractivity contribution is 6.08. The molecule has 36 heavy (non-hydrogen) atoms. The minimum absolute atomic E-state index is 0.112. The molecule has 178 valence electrons. The molecule has 2 N–H and O–H groups in total. The smallest absolute Gasteiger partial charge is 0.322 e. The van der Waals surface area contributed by atoms with Crippen molar-refractivity contribution in [2.24, 2.45) is 0 Å². The zero-order valence-electron chi connectivity index (χ0n) is 18.8. The molecule has 0 bridgehead atoms. The van der Waals surface area contributed by atoms with Gasteiger partial charge in [0.2, 0.25) is 0 Å². The van der Waals surface area contributed by atoms with E-state index in [0.29, 0.717) is 22.6 Å². The Morgan fingerprint density at radius 3 is 2.44 bits per heavy atom. The molecule has 8 nitrogen and oxygen atoms in total. The molecule has 1 atom stereocenters. The number of amides is 4. The molecule has 4 amide bonds. The molecule has 2 aliphatic heterocycles. The fourth-order valence-corrected chi connectivity index (χ4v) is 4.72. The molecule has 1 unspecified atom stereocenters. The zero-order valence-corrected chi connectivity index (χ0v) is 18.8. The van der Waals surface area contributed by atoms with E-state index in [1.54, 1.807) is 30.3 Å². The molecule has 1 fully saturated rings. The number of imide groups is 1. The van der Waals surface area contributed by atoms with Gasteiger partial charge in [0.25, 0.3) is 11.8 Å². The van der Waals surface area contributed by atoms with Crippen LogP contribution in [0, 0.1) is 5.82 Å². The molecule has 0 radical (unpaired) electrons. The molecule has 0 aliphatic carbocycles. The molecular formula is C27H19FN4O4. The first-order valence-electron chi connectivity index (χ1n) is 11.3. The lowest BCUT2D eigenvalue weighted by molar-refractivity contribution is -0.124. The highest BCUT2D eigenvalue weighted by Gasteiger charge is 2.50. The number of hydrogen-bond acceptors (Lipinski definition) is 5. The Morgan fingerprint density at radius 1 is 0.944 bits per heavy atom. The lowest BCUT2D eigenvalue weighted by atomic mass is 9.88. The number of rotatable bonds is 5. The van der Waals surface area contributed by atoms with Gasteiger partial charge < -0.3 is 14.7 Å². The third-order valence-electron chi connectivity index (χ3n) is 6.56. The summed E-state index contributed by atoms with van der Waals surface area (Å²) in [6, 6.07) is 21.8. The summed E-state index contributed by atoms with van der Waals surface area (Å²) >= 11 is 0. The molecule has 1 aromatic heterocycles. The third-order valence-corrected chi connectivity index (χ3v) is 6.56. The Morgan fingerprint density at radius 2 is 1.72 bits per heavy atom. The quantitative estimate of drug-likeness (QED) is 0.421. The van der Waals surface area contributed by atoms with Gasteiger partial charge in [-0.3, -0.25) is 14.9 Å². The van der Waals surface area contributed by atoms with Crippen molar-refractivity contribution in [2.45, 2.75) is 12.1 Å². The number of nitrogens with one attached hydrogen (secondary N) is 2. The van der Waals surface area contributed by atoms with Crippen LogP contribution in [0.4, 0.5) is 9.18 Å². The summed E-state index contributed by atoms with van der Waals surface area (Å²) in [5.74, 6) is -0.934. The van der Waals surface area contributed by atoms with E-state index in [2.05, 4.69) is 15.8 Å². The second-order valence-corrected chi connectivity index (χ2v) is 8.80. The predicted octanol–water partition coefficient (Wildman–Crippen LogP) is 3.84. The molecule has 1 saturated heterocycles. The predicted molar refractivity (Wildman–Crippen MR) is 127 cm³/mol. The SMILES string of the molecule is O=C1NC(=O)C(CN2Cc3ccc(F)cc3C2=O)(c2ccc(-c3cc(-c4ccccc4)no3)cc2)N1. The molecular weight excluding hydrogens is 463 g/mol. The van der Waals surface area contributed by atoms with Gasteiger partial charge in [0.05, 0.1) is 6.54 Å². The summed E-state index contributed by atoms with van der Waals surface area (Å²) in [5.41, 5.74) is 2.26. The van der Waals surface area contributed by atoms with Crippen LogP contribution in [0.1, 0.15) is 21.5 Å². The topological polar surface area (TPSA) is 105 Å². The number of nitrogens with zero attached hydrogens (tertiary/aromatic N) is 2. The van der Waals surface area contributed by atoms with Gasteiger partial charge in [0.1, 0.15) is 11.5 Å². The van der Waals surface area contributed by atoms with Crippen molar-refractivity contribution < 1.29 is 23.3 Å². The van der Waals surface area contributed by atoms with Crippen LogP contribution < -0.4 is 10.6 Å². The number of halogens is 1. The molecule has 0 saturated carbocycles. The molecule has 0 spiro atoms. The molecule has 9 heteroatoms. The number of carbonyl (C=O) groups is 3. The minimum Gasteiger partial charge on any atom is -0.356 e. The van der Waals surface area contributed by atoms with Crippen molar-refractivity contribution in [1.29, 1.82) is 0 Å². The molecule has 3 aromatic carbocycles. The third kappa shape index (κ3) is 3.52. The van der Waals surface area contributed by atoms with Gasteiger partial charge in [-0.25, -0.2) is 9.18 Å². The Bertz CT molecular complexity index is 1520. The summed E-state index contributed by atoms with van der Waals surface area (Å²) in [4.78, 5) is 39.6. The number of urea groups is 1. The van der Waals surface area contributed by atoms with E-state index < -0.39 is 29.2 Å². The maximum absolute atomic E-state index is 13.7. The standard InChI is InChI=1S/C27H19FN4O4/c28-20-11-8-18-14-32(24(33)21(18)12-20)15-27(25(34)29-26(35)30-27)19-9-6-17(7-10-19)23-13-22(31-36-23)16-4-2-1-3-5-16/h1-13H,14-15H2,(H2,29,30,34,35). The summed E-state index contributed by atoms with van der Waals surface area (Å²) in [7, 11) is 0. The summed E-state index contributed by atoms with van der Waals surface area (Å²) in [6.45, 7) is 0.0945. The van der Waals surface area contributed by atoms with E-state index in [0.717, 1.165) is 11.1 Å². The fraction of sp³-hybridized carbons (Fsp3) is 0.111. The number of fused-ring (bicyclic) bond motifs is 1. The number of carbonyl (C=O) groups excluding carboxylic acids is 3. The minimum atomic E-state index is -1.50. The summed E-state index contributed by atoms with van der Waals surface area (Å²) < 4.78 is 19.2. The van der Waals surface area contributed by atoms with E-state index in [1.165, 1.54) is 17.0 Å². The molecule has 2 aliphatic rings. The van der Waals surface area contributed by atoms with Crippen LogP contribution in [-0.2, 0) is 16.9 Å². The van der Waals surface area contributed by atoms with Crippen molar-refractivity contribution in [3.05, 3.63) is 101 Å². The highest BCUT2D eigenvalue weighted by Crippen LogP contribution is 2.33. The second kappa shape index (κ2) is 8.16. The van der Waals surface area contributed by atoms with Gasteiger partial charge in [0.15, 0.2) is 11.3 Å². The van der Waals surface area contributed by atoms with Crippen LogP contribution in [-0.4, -0.2) is 34.4 Å². The van der Waals surface area contributed by atoms with Gasteiger partial charge in [-0.05, 0) is 23.3 Å². The molecule has 6 rings (SSSR count). The first-order valence-corrected chi connectivity index (χ1v) is 11.3. The van der Waals surface area contributed by atoms with E-state index in [-0.39, 0.29) is 18.7 Å². The largest absolute Gasteiger partial charge is 0.356 e. The first-order chi connectivity index (χ1) is 17.4. The van der Waals surface area contributed by atoms with Crippen LogP contribution in [0.15, 0.2) is 83.4 Å².